The minimum Gasteiger partial charge on any atom is -0.481 e. The van der Waals surface area contributed by atoms with Gasteiger partial charge in [0, 0.05) is 30.4 Å². The number of rotatable bonds is 6. The van der Waals surface area contributed by atoms with Crippen molar-refractivity contribution in [3.05, 3.63) is 30.1 Å². The molecule has 104 valence electrons. The van der Waals surface area contributed by atoms with Crippen LogP contribution >= 0.6 is 0 Å². The smallest absolute Gasteiger partial charge is 0.315 e. The maximum atomic E-state index is 11.2. The van der Waals surface area contributed by atoms with E-state index in [9.17, 15) is 9.90 Å². The predicted molar refractivity (Wildman–Crippen MR) is 71.0 cm³/mol. The van der Waals surface area contributed by atoms with Gasteiger partial charge in [0.25, 0.3) is 0 Å². The van der Waals surface area contributed by atoms with Crippen LogP contribution in [0.1, 0.15) is 19.5 Å². The third-order valence-electron chi connectivity index (χ3n) is 3.60. The molecule has 0 unspecified atom stereocenters. The molecule has 1 saturated heterocycles. The Morgan fingerprint density at radius 2 is 2.26 bits per heavy atom. The van der Waals surface area contributed by atoms with Crippen molar-refractivity contribution < 1.29 is 14.6 Å². The number of nitrogens with zero attached hydrogens (tertiary/aromatic N) is 1. The van der Waals surface area contributed by atoms with Crippen LogP contribution in [0.4, 0.5) is 0 Å². The third-order valence-corrected chi connectivity index (χ3v) is 3.60. The van der Waals surface area contributed by atoms with Gasteiger partial charge in [-0.1, -0.05) is 19.9 Å². The number of carboxylic acid groups (broad SMARTS) is 1. The van der Waals surface area contributed by atoms with Crippen LogP contribution in [0.15, 0.2) is 24.4 Å². The molecule has 5 heteroatoms. The van der Waals surface area contributed by atoms with Crippen molar-refractivity contribution in [3.8, 4) is 0 Å². The summed E-state index contributed by atoms with van der Waals surface area (Å²) in [6.45, 7) is 5.87. The largest absolute Gasteiger partial charge is 0.481 e. The van der Waals surface area contributed by atoms with Crippen LogP contribution < -0.4 is 5.32 Å². The van der Waals surface area contributed by atoms with Crippen molar-refractivity contribution in [2.75, 3.05) is 26.3 Å². The molecule has 1 aromatic rings. The topological polar surface area (TPSA) is 71.5 Å². The highest BCUT2D eigenvalue weighted by Gasteiger charge is 2.46. The number of carboxylic acids is 1. The van der Waals surface area contributed by atoms with Gasteiger partial charge in [-0.05, 0) is 12.1 Å². The molecule has 0 aliphatic carbocycles. The Balaban J connectivity index is 1.90. The van der Waals surface area contributed by atoms with E-state index in [-0.39, 0.29) is 5.41 Å². The normalized spacial score (nSPS) is 17.8. The summed E-state index contributed by atoms with van der Waals surface area (Å²) < 4.78 is 5.03. The van der Waals surface area contributed by atoms with Crippen molar-refractivity contribution in [2.24, 2.45) is 5.41 Å². The Bertz CT molecular complexity index is 441. The van der Waals surface area contributed by atoms with E-state index in [0.717, 1.165) is 5.69 Å². The first-order valence-corrected chi connectivity index (χ1v) is 6.40. The summed E-state index contributed by atoms with van der Waals surface area (Å²) in [6, 6.07) is 5.84. The molecule has 2 N–H and O–H groups in total. The molecule has 1 aliphatic rings. The second-order valence-corrected chi connectivity index (χ2v) is 5.78. The molecule has 5 nitrogen and oxygen atoms in total. The van der Waals surface area contributed by atoms with Crippen molar-refractivity contribution in [2.45, 2.75) is 19.3 Å². The van der Waals surface area contributed by atoms with Crippen molar-refractivity contribution in [1.82, 2.24) is 10.3 Å². The van der Waals surface area contributed by atoms with Gasteiger partial charge in [0.15, 0.2) is 0 Å². The van der Waals surface area contributed by atoms with E-state index in [1.807, 2.05) is 18.2 Å². The monoisotopic (exact) mass is 264 g/mol. The number of aromatic nitrogens is 1. The summed E-state index contributed by atoms with van der Waals surface area (Å²) in [5, 5.41) is 12.4. The fraction of sp³-hybridized carbons (Fsp3) is 0.571. The molecule has 1 aliphatic heterocycles. The van der Waals surface area contributed by atoms with Gasteiger partial charge in [0.05, 0.1) is 13.2 Å². The first-order chi connectivity index (χ1) is 8.96. The number of ether oxygens (including phenoxy) is 1. The van der Waals surface area contributed by atoms with Gasteiger partial charge in [0.1, 0.15) is 5.41 Å². The third kappa shape index (κ3) is 2.93. The summed E-state index contributed by atoms with van der Waals surface area (Å²) in [4.78, 5) is 15.6. The molecule has 0 saturated carbocycles. The first kappa shape index (κ1) is 14.0. The summed E-state index contributed by atoms with van der Waals surface area (Å²) in [5.41, 5.74) is 0.114. The molecule has 0 aromatic carbocycles. The fourth-order valence-electron chi connectivity index (χ4n) is 2.12. The number of hydrogen-bond acceptors (Lipinski definition) is 4. The molecule has 0 atom stereocenters. The van der Waals surface area contributed by atoms with E-state index in [0.29, 0.717) is 26.3 Å². The predicted octanol–water partition coefficient (Wildman–Crippen LogP) is 1.05. The highest BCUT2D eigenvalue weighted by molar-refractivity contribution is 5.76. The Morgan fingerprint density at radius 1 is 1.53 bits per heavy atom. The molecule has 2 rings (SSSR count). The number of pyridine rings is 1. The van der Waals surface area contributed by atoms with Gasteiger partial charge in [-0.25, -0.2) is 0 Å². The number of aliphatic carboxylic acids is 1. The maximum absolute atomic E-state index is 11.2. The highest BCUT2D eigenvalue weighted by Crippen LogP contribution is 2.27. The van der Waals surface area contributed by atoms with Crippen LogP contribution in [0.2, 0.25) is 0 Å². The Labute approximate surface area is 113 Å². The molecular weight excluding hydrogens is 244 g/mol. The van der Waals surface area contributed by atoms with Crippen LogP contribution in [-0.2, 0) is 14.9 Å². The number of nitrogens with one attached hydrogen (secondary N) is 1. The Kier molecular flexibility index (Phi) is 3.87. The zero-order chi connectivity index (χ0) is 13.9. The fourth-order valence-corrected chi connectivity index (χ4v) is 2.12. The lowest BCUT2D eigenvalue weighted by molar-refractivity contribution is -0.178. The van der Waals surface area contributed by atoms with Gasteiger partial charge in [0.2, 0.25) is 0 Å². The standard InChI is InChI=1S/C14H20N2O3/c1-13(2,11-5-3-4-6-16-11)7-15-8-14(12(17)18)9-19-10-14/h3-6,15H,7-10H2,1-2H3,(H,17,18). The molecule has 0 radical (unpaired) electrons. The van der Waals surface area contributed by atoms with Gasteiger partial charge >= 0.3 is 5.97 Å². The van der Waals surface area contributed by atoms with E-state index >= 15 is 0 Å². The lowest BCUT2D eigenvalue weighted by Crippen LogP contribution is -2.56. The zero-order valence-corrected chi connectivity index (χ0v) is 11.3. The minimum absolute atomic E-state index is 0.133. The molecule has 2 heterocycles. The van der Waals surface area contributed by atoms with Crippen LogP contribution in [0.5, 0.6) is 0 Å². The van der Waals surface area contributed by atoms with Crippen LogP contribution in [-0.4, -0.2) is 42.4 Å². The summed E-state index contributed by atoms with van der Waals surface area (Å²) >= 11 is 0. The lowest BCUT2D eigenvalue weighted by Gasteiger charge is -2.38. The Morgan fingerprint density at radius 3 is 2.74 bits per heavy atom. The van der Waals surface area contributed by atoms with Crippen molar-refractivity contribution in [1.29, 1.82) is 0 Å². The van der Waals surface area contributed by atoms with E-state index in [4.69, 9.17) is 4.74 Å². The molecular formula is C14H20N2O3. The summed E-state index contributed by atoms with van der Waals surface area (Å²) in [6.07, 6.45) is 1.77. The summed E-state index contributed by atoms with van der Waals surface area (Å²) in [7, 11) is 0. The van der Waals surface area contributed by atoms with E-state index in [2.05, 4.69) is 24.1 Å². The molecule has 1 aromatic heterocycles. The quantitative estimate of drug-likeness (QED) is 0.803. The van der Waals surface area contributed by atoms with Crippen LogP contribution in [0.25, 0.3) is 0 Å². The van der Waals surface area contributed by atoms with Gasteiger partial charge in [-0.3, -0.25) is 9.78 Å². The van der Waals surface area contributed by atoms with Gasteiger partial charge in [-0.2, -0.15) is 0 Å². The zero-order valence-electron chi connectivity index (χ0n) is 11.3. The second-order valence-electron chi connectivity index (χ2n) is 5.78. The highest BCUT2D eigenvalue weighted by atomic mass is 16.5. The van der Waals surface area contributed by atoms with Crippen LogP contribution in [0.3, 0.4) is 0 Å². The van der Waals surface area contributed by atoms with Gasteiger partial charge in [-0.15, -0.1) is 0 Å². The van der Waals surface area contributed by atoms with E-state index in [1.54, 1.807) is 6.20 Å². The molecule has 1 fully saturated rings. The average Bonchev–Trinajstić information content (AvgIpc) is 2.33. The maximum Gasteiger partial charge on any atom is 0.315 e. The van der Waals surface area contributed by atoms with Gasteiger partial charge < -0.3 is 15.2 Å². The number of hydrogen-bond donors (Lipinski definition) is 2. The SMILES string of the molecule is CC(C)(CNCC1(C(=O)O)COC1)c1ccccn1. The Hall–Kier alpha value is -1.46. The molecule has 19 heavy (non-hydrogen) atoms. The van der Waals surface area contributed by atoms with E-state index < -0.39 is 11.4 Å². The minimum atomic E-state index is -0.790. The molecule has 0 bridgehead atoms. The molecule has 0 amide bonds. The lowest BCUT2D eigenvalue weighted by atomic mass is 9.84. The van der Waals surface area contributed by atoms with Crippen molar-refractivity contribution in [3.63, 3.8) is 0 Å². The van der Waals surface area contributed by atoms with Crippen LogP contribution in [0, 0.1) is 5.41 Å². The van der Waals surface area contributed by atoms with Crippen molar-refractivity contribution >= 4 is 5.97 Å². The molecule has 0 spiro atoms. The first-order valence-electron chi connectivity index (χ1n) is 6.40. The second kappa shape index (κ2) is 5.27. The number of carbonyl (C=O) groups is 1. The van der Waals surface area contributed by atoms with E-state index in [1.165, 1.54) is 0 Å². The average molecular weight is 264 g/mol. The summed E-state index contributed by atoms with van der Waals surface area (Å²) in [5.74, 6) is -0.790.